The summed E-state index contributed by atoms with van der Waals surface area (Å²) in [6.07, 6.45) is 1.59. The van der Waals surface area contributed by atoms with Crippen molar-refractivity contribution in [1.82, 2.24) is 10.6 Å². The lowest BCUT2D eigenvalue weighted by Crippen LogP contribution is -2.36. The molecule has 3 rings (SSSR count). The first-order valence-corrected chi connectivity index (χ1v) is 10.3. The predicted octanol–water partition coefficient (Wildman–Crippen LogP) is 4.67. The van der Waals surface area contributed by atoms with Gasteiger partial charge in [-0.05, 0) is 60.2 Å². The summed E-state index contributed by atoms with van der Waals surface area (Å²) >= 11 is 5.89. The minimum Gasteiger partial charge on any atom is -0.457 e. The fraction of sp³-hybridized carbons (Fsp3) is 0.120. The van der Waals surface area contributed by atoms with Gasteiger partial charge in [0, 0.05) is 24.2 Å². The van der Waals surface area contributed by atoms with Gasteiger partial charge >= 0.3 is 0 Å². The van der Waals surface area contributed by atoms with Gasteiger partial charge in [0.05, 0.1) is 6.61 Å². The Morgan fingerprint density at radius 2 is 1.66 bits per heavy atom. The fourth-order valence-electron chi connectivity index (χ4n) is 2.78. The van der Waals surface area contributed by atoms with Crippen LogP contribution in [0.15, 0.2) is 84.6 Å². The van der Waals surface area contributed by atoms with Crippen LogP contribution in [0.1, 0.15) is 15.9 Å². The summed E-state index contributed by atoms with van der Waals surface area (Å²) in [7, 11) is 1.55. The van der Waals surface area contributed by atoms with Gasteiger partial charge in [0.2, 0.25) is 0 Å². The summed E-state index contributed by atoms with van der Waals surface area (Å²) < 4.78 is 10.8. The van der Waals surface area contributed by atoms with Crippen LogP contribution in [0.3, 0.4) is 0 Å². The smallest absolute Gasteiger partial charge is 0.267 e. The number of nitrogens with one attached hydrogen (secondary N) is 2. The zero-order valence-electron chi connectivity index (χ0n) is 17.5. The third kappa shape index (κ3) is 6.97. The zero-order chi connectivity index (χ0) is 22.8. The monoisotopic (exact) mass is 450 g/mol. The minimum atomic E-state index is -0.432. The molecule has 3 aromatic carbocycles. The molecular formula is C25H23ClN2O4. The number of hydrogen-bond donors (Lipinski definition) is 2. The van der Waals surface area contributed by atoms with Crippen LogP contribution >= 0.6 is 11.6 Å². The number of carbonyl (C=O) groups is 2. The molecule has 6 nitrogen and oxygen atoms in total. The molecule has 2 N–H and O–H groups in total. The van der Waals surface area contributed by atoms with Gasteiger partial charge < -0.3 is 20.1 Å². The number of carbonyl (C=O) groups excluding carboxylic acids is 2. The van der Waals surface area contributed by atoms with Crippen LogP contribution in [-0.4, -0.2) is 32.1 Å². The van der Waals surface area contributed by atoms with E-state index >= 15 is 0 Å². The number of ether oxygens (including phenoxy) is 2. The average Bonchev–Trinajstić information content (AvgIpc) is 2.80. The maximum Gasteiger partial charge on any atom is 0.267 e. The number of benzene rings is 3. The second kappa shape index (κ2) is 11.7. The van der Waals surface area contributed by atoms with E-state index in [9.17, 15) is 9.59 Å². The molecule has 0 aliphatic heterocycles. The maximum atomic E-state index is 12.7. The topological polar surface area (TPSA) is 76.7 Å². The Labute approximate surface area is 191 Å². The number of amides is 2. The molecule has 0 aliphatic rings. The van der Waals surface area contributed by atoms with Crippen LogP contribution in [0.2, 0.25) is 5.02 Å². The Balaban J connectivity index is 1.83. The third-order valence-electron chi connectivity index (χ3n) is 4.34. The van der Waals surface area contributed by atoms with E-state index in [0.29, 0.717) is 40.8 Å². The number of halogens is 1. The Hall–Kier alpha value is -3.61. The molecule has 0 heterocycles. The number of para-hydroxylation sites is 1. The van der Waals surface area contributed by atoms with E-state index in [0.717, 1.165) is 0 Å². The summed E-state index contributed by atoms with van der Waals surface area (Å²) in [5.74, 6) is 0.445. The molecule has 0 bridgehead atoms. The highest BCUT2D eigenvalue weighted by atomic mass is 35.5. The van der Waals surface area contributed by atoms with Gasteiger partial charge in [-0.3, -0.25) is 9.59 Å². The standard InChI is InChI=1S/C25H23ClN2O4/c1-31-15-14-27-25(30)23(28-24(29)19-10-12-20(26)13-11-19)17-18-6-5-9-22(16-18)32-21-7-3-2-4-8-21/h2-13,16-17H,14-15H2,1H3,(H,27,30)(H,28,29)/b23-17+. The molecule has 3 aromatic rings. The molecule has 0 atom stereocenters. The highest BCUT2D eigenvalue weighted by Gasteiger charge is 2.15. The summed E-state index contributed by atoms with van der Waals surface area (Å²) in [6.45, 7) is 0.658. The van der Waals surface area contributed by atoms with Gasteiger partial charge in [0.15, 0.2) is 0 Å². The zero-order valence-corrected chi connectivity index (χ0v) is 18.3. The molecule has 0 aromatic heterocycles. The van der Waals surface area contributed by atoms with Crippen LogP contribution in [0, 0.1) is 0 Å². The maximum absolute atomic E-state index is 12.7. The van der Waals surface area contributed by atoms with E-state index in [1.54, 1.807) is 43.5 Å². The Bertz CT molecular complexity index is 1080. The first-order valence-electron chi connectivity index (χ1n) is 9.94. The van der Waals surface area contributed by atoms with Gasteiger partial charge in [0.1, 0.15) is 17.2 Å². The Morgan fingerprint density at radius 1 is 0.938 bits per heavy atom. The van der Waals surface area contributed by atoms with E-state index in [1.165, 1.54) is 0 Å². The molecule has 0 fully saturated rings. The van der Waals surface area contributed by atoms with E-state index < -0.39 is 11.8 Å². The predicted molar refractivity (Wildman–Crippen MR) is 125 cm³/mol. The van der Waals surface area contributed by atoms with Gasteiger partial charge in [0.25, 0.3) is 11.8 Å². The van der Waals surface area contributed by atoms with Crippen molar-refractivity contribution < 1.29 is 19.1 Å². The van der Waals surface area contributed by atoms with Crippen molar-refractivity contribution in [1.29, 1.82) is 0 Å². The molecular weight excluding hydrogens is 428 g/mol. The van der Waals surface area contributed by atoms with E-state index in [-0.39, 0.29) is 5.70 Å². The van der Waals surface area contributed by atoms with Crippen LogP contribution < -0.4 is 15.4 Å². The lowest BCUT2D eigenvalue weighted by Gasteiger charge is -2.12. The van der Waals surface area contributed by atoms with Crippen LogP contribution in [0.25, 0.3) is 6.08 Å². The fourth-order valence-corrected chi connectivity index (χ4v) is 2.90. The summed E-state index contributed by atoms with van der Waals surface area (Å²) in [4.78, 5) is 25.4. The number of rotatable bonds is 9. The number of hydrogen-bond acceptors (Lipinski definition) is 4. The summed E-state index contributed by atoms with van der Waals surface area (Å²) in [5, 5.41) is 5.93. The lowest BCUT2D eigenvalue weighted by atomic mass is 10.1. The summed E-state index contributed by atoms with van der Waals surface area (Å²) in [6, 6.07) is 23.0. The second-order valence-corrected chi connectivity index (χ2v) is 7.19. The van der Waals surface area contributed by atoms with Crippen molar-refractivity contribution >= 4 is 29.5 Å². The van der Waals surface area contributed by atoms with Gasteiger partial charge in [-0.1, -0.05) is 41.9 Å². The first kappa shape index (κ1) is 23.1. The third-order valence-corrected chi connectivity index (χ3v) is 4.59. The van der Waals surface area contributed by atoms with E-state index in [4.69, 9.17) is 21.1 Å². The largest absolute Gasteiger partial charge is 0.457 e. The van der Waals surface area contributed by atoms with Crippen molar-refractivity contribution in [2.24, 2.45) is 0 Å². The Kier molecular flexibility index (Phi) is 8.43. The molecule has 0 saturated heterocycles. The second-order valence-electron chi connectivity index (χ2n) is 6.76. The van der Waals surface area contributed by atoms with Crippen molar-refractivity contribution in [2.45, 2.75) is 0 Å². The molecule has 2 amide bonds. The SMILES string of the molecule is COCCNC(=O)/C(=C\c1cccc(Oc2ccccc2)c1)NC(=O)c1ccc(Cl)cc1. The van der Waals surface area contributed by atoms with Crippen molar-refractivity contribution in [2.75, 3.05) is 20.3 Å². The van der Waals surface area contributed by atoms with Crippen LogP contribution in [0.5, 0.6) is 11.5 Å². The minimum absolute atomic E-state index is 0.0953. The number of methoxy groups -OCH3 is 1. The van der Waals surface area contributed by atoms with Crippen LogP contribution in [0.4, 0.5) is 0 Å². The highest BCUT2D eigenvalue weighted by molar-refractivity contribution is 6.30. The highest BCUT2D eigenvalue weighted by Crippen LogP contribution is 2.22. The van der Waals surface area contributed by atoms with Crippen LogP contribution in [-0.2, 0) is 9.53 Å². The quantitative estimate of drug-likeness (QED) is 0.367. The van der Waals surface area contributed by atoms with Gasteiger partial charge in [-0.2, -0.15) is 0 Å². The van der Waals surface area contributed by atoms with Crippen molar-refractivity contribution in [3.8, 4) is 11.5 Å². The molecule has 32 heavy (non-hydrogen) atoms. The molecule has 0 radical (unpaired) electrons. The lowest BCUT2D eigenvalue weighted by molar-refractivity contribution is -0.117. The first-order chi connectivity index (χ1) is 15.5. The van der Waals surface area contributed by atoms with Crippen molar-refractivity contribution in [3.05, 3.63) is 101 Å². The van der Waals surface area contributed by atoms with E-state index in [1.807, 2.05) is 48.5 Å². The molecule has 0 saturated carbocycles. The van der Waals surface area contributed by atoms with Gasteiger partial charge in [-0.25, -0.2) is 0 Å². The normalized spacial score (nSPS) is 11.0. The molecule has 164 valence electrons. The Morgan fingerprint density at radius 3 is 2.38 bits per heavy atom. The molecule has 7 heteroatoms. The molecule has 0 unspecified atom stereocenters. The summed E-state index contributed by atoms with van der Waals surface area (Å²) in [5.41, 5.74) is 1.16. The average molecular weight is 451 g/mol. The van der Waals surface area contributed by atoms with Crippen molar-refractivity contribution in [3.63, 3.8) is 0 Å². The van der Waals surface area contributed by atoms with E-state index in [2.05, 4.69) is 10.6 Å². The molecule has 0 spiro atoms. The molecule has 0 aliphatic carbocycles. The van der Waals surface area contributed by atoms with Gasteiger partial charge in [-0.15, -0.1) is 0 Å².